The molecular weight excluding hydrogens is 248 g/mol. The van der Waals surface area contributed by atoms with E-state index in [0.717, 1.165) is 0 Å². The monoisotopic (exact) mass is 262 g/mol. The van der Waals surface area contributed by atoms with Crippen molar-refractivity contribution in [2.75, 3.05) is 11.1 Å². The maximum atomic E-state index is 6.05. The van der Waals surface area contributed by atoms with Crippen molar-refractivity contribution in [2.45, 2.75) is 19.9 Å². The smallest absolute Gasteiger partial charge is 0.150 e. The molecule has 0 bridgehead atoms. The van der Waals surface area contributed by atoms with Crippen LogP contribution in [0.2, 0.25) is 5.02 Å². The Hall–Kier alpha value is -1.81. The lowest BCUT2D eigenvalue weighted by Gasteiger charge is -2.17. The molecule has 0 spiro atoms. The summed E-state index contributed by atoms with van der Waals surface area (Å²) < 4.78 is 0. The van der Waals surface area contributed by atoms with E-state index in [1.165, 1.54) is 17.5 Å². The predicted molar refractivity (Wildman–Crippen MR) is 74.7 cm³/mol. The van der Waals surface area contributed by atoms with E-state index in [-0.39, 0.29) is 11.9 Å². The van der Waals surface area contributed by atoms with Gasteiger partial charge < -0.3 is 11.1 Å². The average molecular weight is 263 g/mol. The second kappa shape index (κ2) is 5.23. The zero-order valence-electron chi connectivity index (χ0n) is 10.3. The third-order valence-electron chi connectivity index (χ3n) is 2.82. The van der Waals surface area contributed by atoms with E-state index < -0.39 is 0 Å². The number of nitrogens with zero attached hydrogens (tertiary/aromatic N) is 2. The van der Waals surface area contributed by atoms with E-state index >= 15 is 0 Å². The Morgan fingerprint density at radius 2 is 2.00 bits per heavy atom. The summed E-state index contributed by atoms with van der Waals surface area (Å²) in [7, 11) is 0. The number of rotatable bonds is 3. The van der Waals surface area contributed by atoms with Crippen LogP contribution < -0.4 is 11.1 Å². The fourth-order valence-electron chi connectivity index (χ4n) is 1.84. The summed E-state index contributed by atoms with van der Waals surface area (Å²) in [5, 5.41) is 3.60. The highest BCUT2D eigenvalue weighted by Gasteiger charge is 2.12. The highest BCUT2D eigenvalue weighted by atomic mass is 35.5. The molecule has 4 nitrogen and oxygen atoms in total. The Kier molecular flexibility index (Phi) is 3.67. The van der Waals surface area contributed by atoms with Gasteiger partial charge in [-0.3, -0.25) is 0 Å². The first kappa shape index (κ1) is 12.6. The van der Waals surface area contributed by atoms with Gasteiger partial charge in [0, 0.05) is 0 Å². The standard InChI is InChI=1S/C13H15ClN4/c1-8-5-3-4-6-10(8)9(2)18-13-11(14)12(15)16-7-17-13/h3-7,9H,1-2H3,(H3,15,16,17,18). The summed E-state index contributed by atoms with van der Waals surface area (Å²) in [6, 6.07) is 8.27. The fraction of sp³-hybridized carbons (Fsp3) is 0.231. The lowest BCUT2D eigenvalue weighted by molar-refractivity contribution is 0.863. The molecule has 1 atom stereocenters. The zero-order chi connectivity index (χ0) is 13.1. The molecule has 5 heteroatoms. The maximum absolute atomic E-state index is 6.05. The molecule has 0 aliphatic heterocycles. The van der Waals surface area contributed by atoms with Gasteiger partial charge in [-0.2, -0.15) is 0 Å². The molecular formula is C13H15ClN4. The van der Waals surface area contributed by atoms with Gasteiger partial charge in [0.25, 0.3) is 0 Å². The molecule has 3 N–H and O–H groups in total. The van der Waals surface area contributed by atoms with Crippen molar-refractivity contribution < 1.29 is 0 Å². The number of hydrogen-bond donors (Lipinski definition) is 2. The lowest BCUT2D eigenvalue weighted by atomic mass is 10.0. The van der Waals surface area contributed by atoms with Gasteiger partial charge in [0.2, 0.25) is 0 Å². The number of halogens is 1. The second-order valence-corrected chi connectivity index (χ2v) is 4.52. The van der Waals surface area contributed by atoms with Crippen LogP contribution in [0.5, 0.6) is 0 Å². The van der Waals surface area contributed by atoms with Gasteiger partial charge in [0.15, 0.2) is 5.82 Å². The second-order valence-electron chi connectivity index (χ2n) is 4.14. The van der Waals surface area contributed by atoms with Gasteiger partial charge >= 0.3 is 0 Å². The van der Waals surface area contributed by atoms with E-state index in [2.05, 4.69) is 41.3 Å². The number of benzene rings is 1. The van der Waals surface area contributed by atoms with Crippen molar-refractivity contribution in [3.05, 3.63) is 46.7 Å². The van der Waals surface area contributed by atoms with Crippen molar-refractivity contribution >= 4 is 23.2 Å². The lowest BCUT2D eigenvalue weighted by Crippen LogP contribution is -2.10. The van der Waals surface area contributed by atoms with Gasteiger partial charge in [0.1, 0.15) is 17.2 Å². The molecule has 0 amide bonds. The fourth-order valence-corrected chi connectivity index (χ4v) is 1.99. The number of anilines is 2. The van der Waals surface area contributed by atoms with Crippen LogP contribution in [0.3, 0.4) is 0 Å². The maximum Gasteiger partial charge on any atom is 0.150 e. The van der Waals surface area contributed by atoms with Gasteiger partial charge in [-0.25, -0.2) is 9.97 Å². The van der Waals surface area contributed by atoms with Crippen LogP contribution in [-0.2, 0) is 0 Å². The molecule has 2 aromatic rings. The molecule has 1 unspecified atom stereocenters. The molecule has 1 aromatic heterocycles. The van der Waals surface area contributed by atoms with Gasteiger partial charge in [-0.15, -0.1) is 0 Å². The minimum Gasteiger partial charge on any atom is -0.382 e. The Balaban J connectivity index is 2.24. The summed E-state index contributed by atoms with van der Waals surface area (Å²) in [5.41, 5.74) is 8.06. The Labute approximate surface area is 111 Å². The topological polar surface area (TPSA) is 63.8 Å². The Morgan fingerprint density at radius 3 is 2.72 bits per heavy atom. The molecule has 0 fully saturated rings. The van der Waals surface area contributed by atoms with Gasteiger partial charge in [0.05, 0.1) is 6.04 Å². The first-order valence-corrected chi connectivity index (χ1v) is 6.05. The van der Waals surface area contributed by atoms with Crippen molar-refractivity contribution in [1.82, 2.24) is 9.97 Å². The molecule has 0 aliphatic carbocycles. The summed E-state index contributed by atoms with van der Waals surface area (Å²) in [6.07, 6.45) is 1.40. The summed E-state index contributed by atoms with van der Waals surface area (Å²) in [5.74, 6) is 0.839. The predicted octanol–water partition coefficient (Wildman–Crippen LogP) is 3.19. The highest BCUT2D eigenvalue weighted by molar-refractivity contribution is 6.35. The molecule has 1 aromatic carbocycles. The molecule has 94 valence electrons. The third kappa shape index (κ3) is 2.54. The van der Waals surface area contributed by atoms with Gasteiger partial charge in [-0.05, 0) is 25.0 Å². The number of aryl methyl sites for hydroxylation is 1. The SMILES string of the molecule is Cc1ccccc1C(C)Nc1ncnc(N)c1Cl. The minimum absolute atomic E-state index is 0.0954. The molecule has 0 saturated heterocycles. The number of nitrogen functional groups attached to an aromatic ring is 1. The van der Waals surface area contributed by atoms with Crippen LogP contribution in [0.15, 0.2) is 30.6 Å². The first-order chi connectivity index (χ1) is 8.59. The number of hydrogen-bond acceptors (Lipinski definition) is 4. The summed E-state index contributed by atoms with van der Waals surface area (Å²) in [4.78, 5) is 7.93. The van der Waals surface area contributed by atoms with E-state index in [4.69, 9.17) is 17.3 Å². The van der Waals surface area contributed by atoms with Crippen LogP contribution in [0, 0.1) is 6.92 Å². The van der Waals surface area contributed by atoms with Crippen molar-refractivity contribution in [3.8, 4) is 0 Å². The van der Waals surface area contributed by atoms with Crippen LogP contribution >= 0.6 is 11.6 Å². The van der Waals surface area contributed by atoms with Crippen LogP contribution in [0.1, 0.15) is 24.1 Å². The third-order valence-corrected chi connectivity index (χ3v) is 3.20. The molecule has 18 heavy (non-hydrogen) atoms. The minimum atomic E-state index is 0.0954. The Bertz CT molecular complexity index is 556. The van der Waals surface area contributed by atoms with E-state index in [9.17, 15) is 0 Å². The highest BCUT2D eigenvalue weighted by Crippen LogP contribution is 2.27. The Morgan fingerprint density at radius 1 is 1.28 bits per heavy atom. The summed E-state index contributed by atoms with van der Waals surface area (Å²) in [6.45, 7) is 4.13. The van der Waals surface area contributed by atoms with E-state index in [1.54, 1.807) is 0 Å². The van der Waals surface area contributed by atoms with Crippen molar-refractivity contribution in [2.24, 2.45) is 0 Å². The number of nitrogens with two attached hydrogens (primary N) is 1. The first-order valence-electron chi connectivity index (χ1n) is 5.67. The number of nitrogens with one attached hydrogen (secondary N) is 1. The average Bonchev–Trinajstić information content (AvgIpc) is 2.35. The molecule has 0 saturated carbocycles. The van der Waals surface area contributed by atoms with Crippen LogP contribution in [-0.4, -0.2) is 9.97 Å². The van der Waals surface area contributed by atoms with Crippen molar-refractivity contribution in [1.29, 1.82) is 0 Å². The largest absolute Gasteiger partial charge is 0.382 e. The van der Waals surface area contributed by atoms with Gasteiger partial charge in [-0.1, -0.05) is 35.9 Å². The van der Waals surface area contributed by atoms with Crippen LogP contribution in [0.25, 0.3) is 0 Å². The molecule has 2 rings (SSSR count). The van der Waals surface area contributed by atoms with Crippen molar-refractivity contribution in [3.63, 3.8) is 0 Å². The normalized spacial score (nSPS) is 12.2. The van der Waals surface area contributed by atoms with E-state index in [0.29, 0.717) is 10.8 Å². The quantitative estimate of drug-likeness (QED) is 0.892. The molecule has 1 heterocycles. The van der Waals surface area contributed by atoms with Crippen LogP contribution in [0.4, 0.5) is 11.6 Å². The summed E-state index contributed by atoms with van der Waals surface area (Å²) >= 11 is 6.05. The zero-order valence-corrected chi connectivity index (χ0v) is 11.1. The van der Waals surface area contributed by atoms with E-state index in [1.807, 2.05) is 12.1 Å². The molecule has 0 aliphatic rings. The molecule has 0 radical (unpaired) electrons. The number of aromatic nitrogens is 2.